The zero-order valence-corrected chi connectivity index (χ0v) is 15.1. The molecule has 0 aliphatic heterocycles. The number of aryl methyl sites for hydroxylation is 1. The Kier molecular flexibility index (Phi) is 4.91. The van der Waals surface area contributed by atoms with E-state index in [0.717, 1.165) is 16.3 Å². The van der Waals surface area contributed by atoms with Crippen molar-refractivity contribution in [3.8, 4) is 22.1 Å². The van der Waals surface area contributed by atoms with Gasteiger partial charge in [-0.25, -0.2) is 9.66 Å². The van der Waals surface area contributed by atoms with Crippen LogP contribution in [0, 0.1) is 6.92 Å². The summed E-state index contributed by atoms with van der Waals surface area (Å²) >= 11 is 3.09. The monoisotopic (exact) mass is 363 g/mol. The highest BCUT2D eigenvalue weighted by molar-refractivity contribution is 7.98. The van der Waals surface area contributed by atoms with Crippen molar-refractivity contribution >= 4 is 23.1 Å². The van der Waals surface area contributed by atoms with E-state index in [4.69, 9.17) is 15.3 Å². The molecule has 0 bridgehead atoms. The second kappa shape index (κ2) is 7.10. The van der Waals surface area contributed by atoms with Gasteiger partial charge in [-0.2, -0.15) is 0 Å². The van der Waals surface area contributed by atoms with Gasteiger partial charge in [0, 0.05) is 16.7 Å². The van der Waals surface area contributed by atoms with Crippen molar-refractivity contribution in [2.75, 3.05) is 20.1 Å². The number of nitrogens with zero attached hydrogens (tertiary/aromatic N) is 4. The minimum Gasteiger partial charge on any atom is -0.493 e. The van der Waals surface area contributed by atoms with Gasteiger partial charge in [-0.3, -0.25) is 0 Å². The van der Waals surface area contributed by atoms with Gasteiger partial charge < -0.3 is 15.3 Å². The maximum absolute atomic E-state index is 5.85. The molecule has 0 unspecified atom stereocenters. The van der Waals surface area contributed by atoms with Gasteiger partial charge in [-0.15, -0.1) is 21.5 Å². The summed E-state index contributed by atoms with van der Waals surface area (Å²) in [5.41, 5.74) is 1.96. The maximum atomic E-state index is 5.85. The van der Waals surface area contributed by atoms with Gasteiger partial charge in [-0.1, -0.05) is 11.8 Å². The first-order chi connectivity index (χ1) is 11.6. The Morgan fingerprint density at radius 1 is 1.21 bits per heavy atom. The van der Waals surface area contributed by atoms with Gasteiger partial charge in [0.2, 0.25) is 5.16 Å². The van der Waals surface area contributed by atoms with Crippen molar-refractivity contribution in [3.63, 3.8) is 0 Å². The molecule has 3 rings (SSSR count). The quantitative estimate of drug-likeness (QED) is 0.532. The average molecular weight is 363 g/mol. The van der Waals surface area contributed by atoms with Crippen LogP contribution in [0.3, 0.4) is 0 Å². The molecule has 7 nitrogen and oxygen atoms in total. The number of thiazole rings is 1. The van der Waals surface area contributed by atoms with Gasteiger partial charge in [0.25, 0.3) is 0 Å². The van der Waals surface area contributed by atoms with Gasteiger partial charge in [-0.05, 0) is 25.1 Å². The fraction of sp³-hybridized carbons (Fsp3) is 0.267. The summed E-state index contributed by atoms with van der Waals surface area (Å²) in [6.45, 7) is 1.81. The fourth-order valence-corrected chi connectivity index (χ4v) is 3.78. The molecular weight excluding hydrogens is 346 g/mol. The van der Waals surface area contributed by atoms with Crippen molar-refractivity contribution in [2.45, 2.75) is 17.8 Å². The Morgan fingerprint density at radius 3 is 2.67 bits per heavy atom. The Bertz CT molecular complexity index is 846. The Balaban J connectivity index is 1.74. The third-order valence-electron chi connectivity index (χ3n) is 3.37. The molecule has 24 heavy (non-hydrogen) atoms. The summed E-state index contributed by atoms with van der Waals surface area (Å²) in [6, 6.07) is 5.77. The van der Waals surface area contributed by atoms with Gasteiger partial charge in [0.15, 0.2) is 11.5 Å². The van der Waals surface area contributed by atoms with Crippen molar-refractivity contribution in [3.05, 3.63) is 35.1 Å². The van der Waals surface area contributed by atoms with E-state index in [1.807, 2.05) is 30.5 Å². The van der Waals surface area contributed by atoms with E-state index in [2.05, 4.69) is 15.2 Å². The first-order valence-corrected chi connectivity index (χ1v) is 8.95. The number of aromatic nitrogens is 4. The van der Waals surface area contributed by atoms with Crippen molar-refractivity contribution in [2.24, 2.45) is 0 Å². The number of ether oxygens (including phenoxy) is 2. The first-order valence-electron chi connectivity index (χ1n) is 7.09. The molecule has 0 saturated heterocycles. The molecular formula is C15H17N5O2S2. The molecule has 2 heterocycles. The van der Waals surface area contributed by atoms with Crippen LogP contribution in [0.5, 0.6) is 11.5 Å². The highest BCUT2D eigenvalue weighted by Crippen LogP contribution is 2.34. The van der Waals surface area contributed by atoms with Crippen LogP contribution in [0.4, 0.5) is 0 Å². The number of rotatable bonds is 6. The molecule has 0 aliphatic carbocycles. The third kappa shape index (κ3) is 3.31. The molecule has 9 heteroatoms. The van der Waals surface area contributed by atoms with Gasteiger partial charge in [0.05, 0.1) is 19.9 Å². The van der Waals surface area contributed by atoms with Gasteiger partial charge >= 0.3 is 0 Å². The fourth-order valence-electron chi connectivity index (χ4n) is 2.06. The van der Waals surface area contributed by atoms with E-state index < -0.39 is 0 Å². The zero-order chi connectivity index (χ0) is 17.1. The van der Waals surface area contributed by atoms with E-state index >= 15 is 0 Å². The molecule has 0 saturated carbocycles. The molecule has 3 aromatic rings. The van der Waals surface area contributed by atoms with Crippen LogP contribution in [0.25, 0.3) is 10.6 Å². The van der Waals surface area contributed by atoms with E-state index in [0.29, 0.717) is 28.2 Å². The lowest BCUT2D eigenvalue weighted by atomic mass is 10.2. The number of thioether (sulfide) groups is 1. The van der Waals surface area contributed by atoms with Crippen molar-refractivity contribution in [1.82, 2.24) is 19.9 Å². The van der Waals surface area contributed by atoms with Crippen LogP contribution in [-0.4, -0.2) is 34.1 Å². The highest BCUT2D eigenvalue weighted by Gasteiger charge is 2.11. The largest absolute Gasteiger partial charge is 0.493 e. The SMILES string of the molecule is COc1ccc(-c2nc(CSc3nnc(C)n3N)cs2)cc1OC. The highest BCUT2D eigenvalue weighted by atomic mass is 32.2. The lowest BCUT2D eigenvalue weighted by Gasteiger charge is -2.08. The summed E-state index contributed by atoms with van der Waals surface area (Å²) in [7, 11) is 3.24. The summed E-state index contributed by atoms with van der Waals surface area (Å²) in [5.74, 6) is 8.60. The topological polar surface area (TPSA) is 88.1 Å². The molecule has 1 aromatic carbocycles. The smallest absolute Gasteiger partial charge is 0.210 e. The summed E-state index contributed by atoms with van der Waals surface area (Å²) in [5, 5.41) is 11.6. The molecule has 2 N–H and O–H groups in total. The number of methoxy groups -OCH3 is 2. The van der Waals surface area contributed by atoms with Crippen LogP contribution < -0.4 is 15.3 Å². The van der Waals surface area contributed by atoms with E-state index in [1.165, 1.54) is 16.4 Å². The molecule has 0 spiro atoms. The number of benzene rings is 1. The summed E-state index contributed by atoms with van der Waals surface area (Å²) < 4.78 is 12.1. The van der Waals surface area contributed by atoms with E-state index in [9.17, 15) is 0 Å². The Labute approximate surface area is 147 Å². The third-order valence-corrected chi connectivity index (χ3v) is 5.28. The van der Waals surface area contributed by atoms with Crippen molar-refractivity contribution in [1.29, 1.82) is 0 Å². The second-order valence-electron chi connectivity index (χ2n) is 4.90. The minimum absolute atomic E-state index is 0.674. The van der Waals surface area contributed by atoms with Gasteiger partial charge in [0.1, 0.15) is 10.8 Å². The molecule has 0 fully saturated rings. The van der Waals surface area contributed by atoms with Crippen LogP contribution in [0.1, 0.15) is 11.5 Å². The molecule has 0 radical (unpaired) electrons. The molecule has 0 amide bonds. The molecule has 0 atom stereocenters. The predicted molar refractivity (Wildman–Crippen MR) is 95.1 cm³/mol. The minimum atomic E-state index is 0.674. The Morgan fingerprint density at radius 2 is 2.00 bits per heavy atom. The first kappa shape index (κ1) is 16.6. The summed E-state index contributed by atoms with van der Waals surface area (Å²) in [6.07, 6.45) is 0. The normalized spacial score (nSPS) is 10.8. The predicted octanol–water partition coefficient (Wildman–Crippen LogP) is 2.73. The second-order valence-corrected chi connectivity index (χ2v) is 6.70. The van der Waals surface area contributed by atoms with Crippen LogP contribution in [0.2, 0.25) is 0 Å². The summed E-state index contributed by atoms with van der Waals surface area (Å²) in [4.78, 5) is 4.67. The molecule has 2 aromatic heterocycles. The van der Waals surface area contributed by atoms with Crippen LogP contribution in [0.15, 0.2) is 28.7 Å². The van der Waals surface area contributed by atoms with E-state index in [1.54, 1.807) is 25.6 Å². The van der Waals surface area contributed by atoms with Crippen LogP contribution >= 0.6 is 23.1 Å². The number of nitrogen functional groups attached to an aromatic ring is 1. The standard InChI is InChI=1S/C15H17N5O2S2/c1-9-18-19-15(20(9)16)24-8-11-7-23-14(17-11)10-4-5-12(21-2)13(6-10)22-3/h4-7H,8,16H2,1-3H3. The zero-order valence-electron chi connectivity index (χ0n) is 13.5. The lowest BCUT2D eigenvalue weighted by Crippen LogP contribution is -2.11. The van der Waals surface area contributed by atoms with E-state index in [-0.39, 0.29) is 0 Å². The Hall–Kier alpha value is -2.26. The lowest BCUT2D eigenvalue weighted by molar-refractivity contribution is 0.355. The maximum Gasteiger partial charge on any atom is 0.210 e. The van der Waals surface area contributed by atoms with Crippen molar-refractivity contribution < 1.29 is 9.47 Å². The average Bonchev–Trinajstić information content (AvgIpc) is 3.20. The number of hydrogen-bond acceptors (Lipinski definition) is 8. The number of hydrogen-bond donors (Lipinski definition) is 1. The molecule has 126 valence electrons. The van der Waals surface area contributed by atoms with Crippen LogP contribution in [-0.2, 0) is 5.75 Å². The molecule has 0 aliphatic rings. The number of nitrogens with two attached hydrogens (primary N) is 1.